The molecule has 6 nitrogen and oxygen atoms in total. The van der Waals surface area contributed by atoms with Gasteiger partial charge in [-0.2, -0.15) is 0 Å². The second-order valence-electron chi connectivity index (χ2n) is 7.78. The lowest BCUT2D eigenvalue weighted by Crippen LogP contribution is -2.35. The molecule has 7 heteroatoms. The highest BCUT2D eigenvalue weighted by molar-refractivity contribution is 6.32. The van der Waals surface area contributed by atoms with Gasteiger partial charge in [-0.3, -0.25) is 9.69 Å². The summed E-state index contributed by atoms with van der Waals surface area (Å²) in [6.45, 7) is 1.96. The summed E-state index contributed by atoms with van der Waals surface area (Å²) in [7, 11) is 1.59. The number of methoxy groups -OCH3 is 1. The average Bonchev–Trinajstić information content (AvgIpc) is 3.28. The number of aromatic nitrogens is 2. The molecule has 0 saturated heterocycles. The van der Waals surface area contributed by atoms with E-state index < -0.39 is 0 Å². The van der Waals surface area contributed by atoms with Gasteiger partial charge in [0.15, 0.2) is 0 Å². The van der Waals surface area contributed by atoms with Crippen LogP contribution < -0.4 is 10.3 Å². The highest BCUT2D eigenvalue weighted by atomic mass is 35.5. The van der Waals surface area contributed by atoms with Crippen LogP contribution in [0.25, 0.3) is 22.7 Å². The highest BCUT2D eigenvalue weighted by Gasteiger charge is 2.22. The molecule has 0 aliphatic carbocycles. The fourth-order valence-corrected chi connectivity index (χ4v) is 4.26. The van der Waals surface area contributed by atoms with Crippen LogP contribution in [0.3, 0.4) is 0 Å². The van der Waals surface area contributed by atoms with E-state index in [9.17, 15) is 4.79 Å². The zero-order valence-corrected chi connectivity index (χ0v) is 18.4. The lowest BCUT2D eigenvalue weighted by Gasteiger charge is -2.26. The molecule has 1 aliphatic rings. The molecule has 4 aromatic rings. The highest BCUT2D eigenvalue weighted by Crippen LogP contribution is 2.31. The number of hydrogen-bond donors (Lipinski definition) is 1. The summed E-state index contributed by atoms with van der Waals surface area (Å²) in [4.78, 5) is 22.6. The van der Waals surface area contributed by atoms with Gasteiger partial charge in [0.1, 0.15) is 23.1 Å². The Kier molecular flexibility index (Phi) is 5.55. The molecule has 0 fully saturated rings. The van der Waals surface area contributed by atoms with E-state index in [2.05, 4.69) is 9.88 Å². The minimum Gasteiger partial charge on any atom is -0.495 e. The first-order valence-corrected chi connectivity index (χ1v) is 10.8. The fraction of sp³-hybridized carbons (Fsp3) is 0.200. The largest absolute Gasteiger partial charge is 0.495 e. The third-order valence-electron chi connectivity index (χ3n) is 5.67. The van der Waals surface area contributed by atoms with Gasteiger partial charge >= 0.3 is 0 Å². The standard InChI is InChI=1S/C25H22ClN3O3/c1-31-23-9-7-17(13-20(23)26)22-10-8-18(32-22)14-29-12-11-21-19(15-29)25(30)28-24(27-21)16-5-3-2-4-6-16/h2-10,13H,11-12,14-15H2,1H3,(H,27,28,30). The number of halogens is 1. The number of hydrogen-bond acceptors (Lipinski definition) is 5. The summed E-state index contributed by atoms with van der Waals surface area (Å²) in [5, 5.41) is 0.539. The zero-order chi connectivity index (χ0) is 22.1. The molecule has 0 atom stereocenters. The summed E-state index contributed by atoms with van der Waals surface area (Å²) in [5.41, 5.74) is 3.32. The third kappa shape index (κ3) is 4.07. The monoisotopic (exact) mass is 447 g/mol. The maximum atomic E-state index is 12.8. The molecular formula is C25H22ClN3O3. The van der Waals surface area contributed by atoms with Gasteiger partial charge in [0.2, 0.25) is 0 Å². The van der Waals surface area contributed by atoms with E-state index in [4.69, 9.17) is 25.7 Å². The lowest BCUT2D eigenvalue weighted by molar-refractivity contribution is 0.223. The predicted molar refractivity (Wildman–Crippen MR) is 124 cm³/mol. The molecule has 1 aliphatic heterocycles. The van der Waals surface area contributed by atoms with Crippen LogP contribution in [0.5, 0.6) is 5.75 Å². The first kappa shape index (κ1) is 20.5. The van der Waals surface area contributed by atoms with Crippen molar-refractivity contribution < 1.29 is 9.15 Å². The number of rotatable bonds is 5. The summed E-state index contributed by atoms with van der Waals surface area (Å²) in [6, 6.07) is 19.2. The van der Waals surface area contributed by atoms with Crippen LogP contribution in [0, 0.1) is 0 Å². The Hall–Kier alpha value is -3.35. The van der Waals surface area contributed by atoms with Gasteiger partial charge in [-0.15, -0.1) is 0 Å². The third-order valence-corrected chi connectivity index (χ3v) is 5.97. The molecule has 5 rings (SSSR count). The maximum Gasteiger partial charge on any atom is 0.255 e. The zero-order valence-electron chi connectivity index (χ0n) is 17.6. The molecule has 0 radical (unpaired) electrons. The van der Waals surface area contributed by atoms with Crippen LogP contribution in [0.4, 0.5) is 0 Å². The van der Waals surface area contributed by atoms with E-state index in [1.54, 1.807) is 7.11 Å². The van der Waals surface area contributed by atoms with E-state index in [0.29, 0.717) is 29.7 Å². The Balaban J connectivity index is 1.32. The van der Waals surface area contributed by atoms with Crippen LogP contribution in [0.15, 0.2) is 69.9 Å². The Morgan fingerprint density at radius 3 is 2.75 bits per heavy atom. The number of benzene rings is 2. The van der Waals surface area contributed by atoms with Gasteiger partial charge in [-0.1, -0.05) is 41.9 Å². The SMILES string of the molecule is COc1ccc(-c2ccc(CN3CCc4nc(-c5ccccc5)[nH]c(=O)c4C3)o2)cc1Cl. The van der Waals surface area contributed by atoms with Gasteiger partial charge < -0.3 is 14.1 Å². The molecular weight excluding hydrogens is 426 g/mol. The maximum absolute atomic E-state index is 12.8. The number of H-pyrrole nitrogens is 1. The second-order valence-corrected chi connectivity index (χ2v) is 8.19. The molecule has 3 heterocycles. The molecule has 0 spiro atoms. The van der Waals surface area contributed by atoms with Crippen molar-refractivity contribution in [2.75, 3.05) is 13.7 Å². The van der Waals surface area contributed by atoms with Crippen molar-refractivity contribution in [3.8, 4) is 28.5 Å². The molecule has 162 valence electrons. The quantitative estimate of drug-likeness (QED) is 0.470. The van der Waals surface area contributed by atoms with Crippen molar-refractivity contribution in [1.29, 1.82) is 0 Å². The number of nitrogens with one attached hydrogen (secondary N) is 1. The molecule has 0 unspecified atom stereocenters. The number of furan rings is 1. The van der Waals surface area contributed by atoms with E-state index in [1.165, 1.54) is 0 Å². The molecule has 0 bridgehead atoms. The van der Waals surface area contributed by atoms with Crippen LogP contribution in [-0.4, -0.2) is 28.5 Å². The van der Waals surface area contributed by atoms with Crippen molar-refractivity contribution in [3.63, 3.8) is 0 Å². The van der Waals surface area contributed by atoms with Crippen molar-refractivity contribution >= 4 is 11.6 Å². The van der Waals surface area contributed by atoms with Crippen molar-refractivity contribution in [2.45, 2.75) is 19.5 Å². The molecule has 0 saturated carbocycles. The number of aromatic amines is 1. The van der Waals surface area contributed by atoms with Gasteiger partial charge in [-0.05, 0) is 30.3 Å². The topological polar surface area (TPSA) is 71.4 Å². The van der Waals surface area contributed by atoms with Crippen LogP contribution in [-0.2, 0) is 19.5 Å². The molecule has 2 aromatic heterocycles. The Morgan fingerprint density at radius 2 is 1.97 bits per heavy atom. The molecule has 0 amide bonds. The smallest absolute Gasteiger partial charge is 0.255 e. The van der Waals surface area contributed by atoms with E-state index >= 15 is 0 Å². The number of fused-ring (bicyclic) bond motifs is 1. The summed E-state index contributed by atoms with van der Waals surface area (Å²) >= 11 is 6.24. The molecule has 1 N–H and O–H groups in total. The fourth-order valence-electron chi connectivity index (χ4n) is 4.01. The van der Waals surface area contributed by atoms with E-state index in [-0.39, 0.29) is 5.56 Å². The van der Waals surface area contributed by atoms with Crippen molar-refractivity contribution in [2.24, 2.45) is 0 Å². The predicted octanol–water partition coefficient (Wildman–Crippen LogP) is 4.92. The van der Waals surface area contributed by atoms with E-state index in [1.807, 2.05) is 60.7 Å². The summed E-state index contributed by atoms with van der Waals surface area (Å²) in [5.74, 6) is 2.83. The Morgan fingerprint density at radius 1 is 1.12 bits per heavy atom. The molecule has 32 heavy (non-hydrogen) atoms. The Bertz CT molecular complexity index is 1310. The molecule has 2 aromatic carbocycles. The average molecular weight is 448 g/mol. The van der Waals surface area contributed by atoms with Crippen LogP contribution in [0.2, 0.25) is 5.02 Å². The van der Waals surface area contributed by atoms with E-state index in [0.717, 1.165) is 46.9 Å². The second kappa shape index (κ2) is 8.65. The summed E-state index contributed by atoms with van der Waals surface area (Å²) in [6.07, 6.45) is 0.723. The summed E-state index contributed by atoms with van der Waals surface area (Å²) < 4.78 is 11.3. The van der Waals surface area contributed by atoms with Gasteiger partial charge in [0, 0.05) is 30.6 Å². The first-order chi connectivity index (χ1) is 15.6. The Labute approximate surface area is 190 Å². The minimum atomic E-state index is -0.0773. The van der Waals surface area contributed by atoms with Crippen LogP contribution in [0.1, 0.15) is 17.0 Å². The number of nitrogens with zero attached hydrogens (tertiary/aromatic N) is 2. The minimum absolute atomic E-state index is 0.0773. The first-order valence-electron chi connectivity index (χ1n) is 10.4. The van der Waals surface area contributed by atoms with Gasteiger partial charge in [0.05, 0.1) is 29.9 Å². The van der Waals surface area contributed by atoms with Crippen molar-refractivity contribution in [1.82, 2.24) is 14.9 Å². The van der Waals surface area contributed by atoms with Gasteiger partial charge in [-0.25, -0.2) is 4.98 Å². The normalized spacial score (nSPS) is 13.7. The number of ether oxygens (including phenoxy) is 1. The van der Waals surface area contributed by atoms with Crippen molar-refractivity contribution in [3.05, 3.63) is 93.1 Å². The lowest BCUT2D eigenvalue weighted by atomic mass is 10.1. The van der Waals surface area contributed by atoms with Crippen LogP contribution >= 0.6 is 11.6 Å². The van der Waals surface area contributed by atoms with Gasteiger partial charge in [0.25, 0.3) is 5.56 Å².